The van der Waals surface area contributed by atoms with Gasteiger partial charge >= 0.3 is 6.03 Å². The van der Waals surface area contributed by atoms with Gasteiger partial charge in [0.15, 0.2) is 0 Å². The molecule has 2 aliphatic rings. The predicted octanol–water partition coefficient (Wildman–Crippen LogP) is 5.88. The van der Waals surface area contributed by atoms with Crippen LogP contribution in [0.2, 0.25) is 10.0 Å². The Balaban J connectivity index is 1.58. The van der Waals surface area contributed by atoms with Crippen LogP contribution in [0, 0.1) is 25.2 Å². The lowest BCUT2D eigenvalue weighted by molar-refractivity contribution is -0.122. The molecule has 1 saturated heterocycles. The quantitative estimate of drug-likeness (QED) is 0.332. The average molecular weight is 539 g/mol. The maximum absolute atomic E-state index is 13.3. The van der Waals surface area contributed by atoms with Gasteiger partial charge in [-0.15, -0.1) is 11.3 Å². The third-order valence-corrected chi connectivity index (χ3v) is 8.30. The molecule has 2 aromatic heterocycles. The van der Waals surface area contributed by atoms with Crippen LogP contribution in [0.1, 0.15) is 45.8 Å². The van der Waals surface area contributed by atoms with Crippen molar-refractivity contribution in [2.75, 3.05) is 4.90 Å². The normalized spacial score (nSPS) is 16.8. The molecule has 1 aliphatic heterocycles. The lowest BCUT2D eigenvalue weighted by Crippen LogP contribution is -2.54. The molecule has 5 rings (SSSR count). The Morgan fingerprint density at radius 2 is 1.86 bits per heavy atom. The van der Waals surface area contributed by atoms with Gasteiger partial charge in [0.25, 0.3) is 11.8 Å². The fraction of sp³-hybridized carbons (Fsp3) is 0.231. The van der Waals surface area contributed by atoms with Gasteiger partial charge in [-0.1, -0.05) is 23.2 Å². The third kappa shape index (κ3) is 3.94. The van der Waals surface area contributed by atoms with Crippen molar-refractivity contribution in [2.45, 2.75) is 39.5 Å². The third-order valence-electron chi connectivity index (χ3n) is 6.49. The highest BCUT2D eigenvalue weighted by molar-refractivity contribution is 7.15. The number of hydrogen-bond donors (Lipinski definition) is 1. The fourth-order valence-corrected chi connectivity index (χ4v) is 6.71. The van der Waals surface area contributed by atoms with Crippen molar-refractivity contribution < 1.29 is 14.4 Å². The van der Waals surface area contributed by atoms with E-state index in [0.29, 0.717) is 16.1 Å². The monoisotopic (exact) mass is 538 g/mol. The summed E-state index contributed by atoms with van der Waals surface area (Å²) < 4.78 is 2.00. The number of aromatic nitrogens is 1. The number of halogens is 2. The number of aryl methyl sites for hydroxylation is 2. The second kappa shape index (κ2) is 9.25. The number of anilines is 1. The number of carbonyl (C=O) groups is 3. The Morgan fingerprint density at radius 3 is 2.58 bits per heavy atom. The van der Waals surface area contributed by atoms with E-state index in [0.717, 1.165) is 52.5 Å². The van der Waals surface area contributed by atoms with Gasteiger partial charge in [-0.2, -0.15) is 5.26 Å². The van der Waals surface area contributed by atoms with Gasteiger partial charge in [-0.05, 0) is 81.0 Å². The highest BCUT2D eigenvalue weighted by atomic mass is 35.5. The number of benzene rings is 1. The largest absolute Gasteiger partial charge is 0.335 e. The van der Waals surface area contributed by atoms with Crippen LogP contribution >= 0.6 is 34.5 Å². The Bertz CT molecular complexity index is 1540. The van der Waals surface area contributed by atoms with Crippen LogP contribution in [0.25, 0.3) is 11.1 Å². The minimum atomic E-state index is -0.889. The Morgan fingerprint density at radius 1 is 1.11 bits per heavy atom. The molecule has 3 aromatic rings. The number of thiophene rings is 1. The zero-order valence-electron chi connectivity index (χ0n) is 19.4. The number of barbiturate groups is 1. The van der Waals surface area contributed by atoms with E-state index in [2.05, 4.69) is 11.4 Å². The maximum Gasteiger partial charge on any atom is 0.335 e. The summed E-state index contributed by atoms with van der Waals surface area (Å²) in [6.07, 6.45) is 5.53. The van der Waals surface area contributed by atoms with E-state index in [1.165, 1.54) is 29.2 Å². The standard InChI is InChI=1S/C26H20Cl2N4O3S/c1-13-9-15(14(2)31(13)25-19(12-29)17-5-3-4-6-22(17)36-25)10-18-23(33)30-26(35)32(24(18)34)21-8-7-16(27)11-20(21)28/h7-11H,3-6H2,1-2H3,(H,30,33,35)/b18-10+. The molecule has 10 heteroatoms. The number of rotatable bonds is 3. The number of carbonyl (C=O) groups excluding carboxylic acids is 3. The summed E-state index contributed by atoms with van der Waals surface area (Å²) in [5.41, 5.74) is 4.03. The number of fused-ring (bicyclic) bond motifs is 1. The molecular weight excluding hydrogens is 519 g/mol. The topological polar surface area (TPSA) is 95.2 Å². The highest BCUT2D eigenvalue weighted by Crippen LogP contribution is 2.39. The van der Waals surface area contributed by atoms with Gasteiger partial charge in [-0.3, -0.25) is 14.9 Å². The minimum absolute atomic E-state index is 0.101. The molecule has 0 bridgehead atoms. The highest BCUT2D eigenvalue weighted by Gasteiger charge is 2.38. The molecule has 4 amide bonds. The molecule has 0 spiro atoms. The van der Waals surface area contributed by atoms with Crippen LogP contribution in [0.3, 0.4) is 0 Å². The van der Waals surface area contributed by atoms with Crippen LogP contribution in [0.15, 0.2) is 29.8 Å². The second-order valence-corrected chi connectivity index (χ2v) is 10.6. The first kappa shape index (κ1) is 24.3. The molecule has 3 heterocycles. The van der Waals surface area contributed by atoms with E-state index < -0.39 is 17.8 Å². The first-order valence-corrected chi connectivity index (χ1v) is 12.9. The van der Waals surface area contributed by atoms with Crippen LogP contribution in [-0.2, 0) is 22.4 Å². The van der Waals surface area contributed by atoms with Gasteiger partial charge in [0.05, 0.1) is 16.3 Å². The van der Waals surface area contributed by atoms with Gasteiger partial charge < -0.3 is 4.57 Å². The number of urea groups is 1. The van der Waals surface area contributed by atoms with Crippen molar-refractivity contribution in [1.29, 1.82) is 5.26 Å². The summed E-state index contributed by atoms with van der Waals surface area (Å²) in [5, 5.41) is 13.4. The first-order valence-electron chi connectivity index (χ1n) is 11.3. The average Bonchev–Trinajstić information content (AvgIpc) is 3.33. The molecule has 182 valence electrons. The summed E-state index contributed by atoms with van der Waals surface area (Å²) in [4.78, 5) is 40.6. The van der Waals surface area contributed by atoms with E-state index in [9.17, 15) is 19.6 Å². The van der Waals surface area contributed by atoms with Crippen LogP contribution in [0.5, 0.6) is 0 Å². The van der Waals surface area contributed by atoms with Crippen molar-refractivity contribution in [2.24, 2.45) is 0 Å². The summed E-state index contributed by atoms with van der Waals surface area (Å²) in [6.45, 7) is 3.80. The fourth-order valence-electron chi connectivity index (χ4n) is 4.76. The summed E-state index contributed by atoms with van der Waals surface area (Å²) in [5.74, 6) is -1.58. The minimum Gasteiger partial charge on any atom is -0.308 e. The van der Waals surface area contributed by atoms with Crippen LogP contribution in [-0.4, -0.2) is 22.4 Å². The maximum atomic E-state index is 13.3. The van der Waals surface area contributed by atoms with E-state index in [1.807, 2.05) is 24.5 Å². The first-order chi connectivity index (χ1) is 17.2. The summed E-state index contributed by atoms with van der Waals surface area (Å²) in [7, 11) is 0. The molecule has 0 radical (unpaired) electrons. The van der Waals surface area contributed by atoms with Crippen molar-refractivity contribution in [3.63, 3.8) is 0 Å². The second-order valence-electron chi connectivity index (χ2n) is 8.72. The van der Waals surface area contributed by atoms with Crippen molar-refractivity contribution in [1.82, 2.24) is 9.88 Å². The molecule has 1 fully saturated rings. The van der Waals surface area contributed by atoms with Gasteiger partial charge in [0, 0.05) is 21.3 Å². The summed E-state index contributed by atoms with van der Waals surface area (Å²) >= 11 is 13.8. The molecule has 1 aromatic carbocycles. The number of imide groups is 2. The number of amides is 4. The van der Waals surface area contributed by atoms with E-state index in [-0.39, 0.29) is 16.3 Å². The number of nitrogens with zero attached hydrogens (tertiary/aromatic N) is 3. The van der Waals surface area contributed by atoms with E-state index in [1.54, 1.807) is 11.3 Å². The van der Waals surface area contributed by atoms with Gasteiger partial charge in [0.2, 0.25) is 0 Å². The lowest BCUT2D eigenvalue weighted by atomic mass is 9.96. The van der Waals surface area contributed by atoms with Gasteiger partial charge in [0.1, 0.15) is 16.6 Å². The molecule has 36 heavy (non-hydrogen) atoms. The molecule has 0 atom stereocenters. The van der Waals surface area contributed by atoms with Crippen LogP contribution < -0.4 is 10.2 Å². The van der Waals surface area contributed by atoms with Crippen LogP contribution in [0.4, 0.5) is 10.5 Å². The number of nitrogens with one attached hydrogen (secondary N) is 1. The smallest absolute Gasteiger partial charge is 0.308 e. The molecule has 7 nitrogen and oxygen atoms in total. The molecule has 1 aliphatic carbocycles. The molecule has 1 N–H and O–H groups in total. The van der Waals surface area contributed by atoms with Crippen molar-refractivity contribution in [3.8, 4) is 11.1 Å². The molecule has 0 unspecified atom stereocenters. The zero-order valence-corrected chi connectivity index (χ0v) is 21.8. The molecule has 0 saturated carbocycles. The van der Waals surface area contributed by atoms with E-state index >= 15 is 0 Å². The van der Waals surface area contributed by atoms with E-state index in [4.69, 9.17) is 23.2 Å². The Hall–Kier alpha value is -3.38. The number of nitriles is 1. The Kier molecular flexibility index (Phi) is 6.25. The molecular formula is C26H20Cl2N4O3S. The van der Waals surface area contributed by atoms with Crippen molar-refractivity contribution >= 4 is 64.1 Å². The Labute approximate surface area is 221 Å². The summed E-state index contributed by atoms with van der Waals surface area (Å²) in [6, 6.07) is 7.73. The lowest BCUT2D eigenvalue weighted by Gasteiger charge is -2.27. The SMILES string of the molecule is Cc1cc(/C=C2\C(=O)NC(=O)N(c3ccc(Cl)cc3Cl)C2=O)c(C)n1-c1sc2c(c1C#N)CCCC2. The zero-order chi connectivity index (χ0) is 25.7. The predicted molar refractivity (Wildman–Crippen MR) is 140 cm³/mol. The van der Waals surface area contributed by atoms with Gasteiger partial charge in [-0.25, -0.2) is 9.69 Å². The van der Waals surface area contributed by atoms with Crippen molar-refractivity contribution in [3.05, 3.63) is 72.8 Å². The number of hydrogen-bond acceptors (Lipinski definition) is 5.